The van der Waals surface area contributed by atoms with Gasteiger partial charge in [-0.2, -0.15) is 8.78 Å². The highest BCUT2D eigenvalue weighted by atomic mass is 19.3. The second-order valence-electron chi connectivity index (χ2n) is 1.49. The van der Waals surface area contributed by atoms with Crippen LogP contribution in [0.25, 0.3) is 0 Å². The summed E-state index contributed by atoms with van der Waals surface area (Å²) in [5.41, 5.74) is 0. The largest absolute Gasteiger partial charge is 0.395 e. The lowest BCUT2D eigenvalue weighted by Crippen LogP contribution is -2.40. The van der Waals surface area contributed by atoms with Crippen LogP contribution in [0.15, 0.2) is 0 Å². The zero-order valence-electron chi connectivity index (χ0n) is 4.70. The molecule has 5 heteroatoms. The first-order valence-corrected chi connectivity index (χ1v) is 2.42. The van der Waals surface area contributed by atoms with Gasteiger partial charge in [0, 0.05) is 6.54 Å². The van der Waals surface area contributed by atoms with E-state index in [1.54, 1.807) is 0 Å². The third-order valence-corrected chi connectivity index (χ3v) is 0.663. The lowest BCUT2D eigenvalue weighted by atomic mass is 10.5. The first-order chi connectivity index (χ1) is 4.12. The van der Waals surface area contributed by atoms with Crippen molar-refractivity contribution in [2.75, 3.05) is 19.8 Å². The van der Waals surface area contributed by atoms with Crippen molar-refractivity contribution in [1.29, 1.82) is 0 Å². The molecule has 2 nitrogen and oxygen atoms in total. The summed E-state index contributed by atoms with van der Waals surface area (Å²) in [6.45, 7) is -2.46. The normalized spacial score (nSPS) is 12.0. The molecule has 0 aromatic heterocycles. The molecule has 0 bridgehead atoms. The predicted octanol–water partition coefficient (Wildman–Crippen LogP) is 0.131. The van der Waals surface area contributed by atoms with Gasteiger partial charge >= 0.3 is 6.05 Å². The Balaban J connectivity index is 3.33. The van der Waals surface area contributed by atoms with Gasteiger partial charge in [0.2, 0.25) is 0 Å². The lowest BCUT2D eigenvalue weighted by Gasteiger charge is -2.11. The van der Waals surface area contributed by atoms with Crippen LogP contribution in [-0.2, 0) is 0 Å². The Bertz CT molecular complexity index is 78.2. The molecule has 56 valence electrons. The number of aliphatic hydroxyl groups is 1. The van der Waals surface area contributed by atoms with E-state index in [2.05, 4.69) is 0 Å². The Labute approximate surface area is 50.7 Å². The van der Waals surface area contributed by atoms with E-state index in [4.69, 9.17) is 5.11 Å². The smallest absolute Gasteiger partial charge is 0.330 e. The van der Waals surface area contributed by atoms with Crippen LogP contribution in [0, 0.1) is 0 Å². The monoisotopic (exact) mass is 143 g/mol. The minimum Gasteiger partial charge on any atom is -0.395 e. The van der Waals surface area contributed by atoms with E-state index in [1.165, 1.54) is 5.32 Å². The number of aliphatic hydroxyl groups excluding tert-OH is 1. The highest BCUT2D eigenvalue weighted by Gasteiger charge is 2.26. The van der Waals surface area contributed by atoms with Crippen LogP contribution < -0.4 is 5.32 Å². The minimum absolute atomic E-state index is 0.295. The zero-order valence-corrected chi connectivity index (χ0v) is 4.70. The first kappa shape index (κ1) is 8.71. The average Bonchev–Trinajstić information content (AvgIpc) is 1.84. The van der Waals surface area contributed by atoms with Gasteiger partial charge in [0.1, 0.15) is 0 Å². The molecule has 0 aromatic carbocycles. The second-order valence-corrected chi connectivity index (χ2v) is 1.49. The molecule has 0 aliphatic rings. The van der Waals surface area contributed by atoms with Gasteiger partial charge in [0.15, 0.2) is 6.67 Å². The molecular weight excluding hydrogens is 135 g/mol. The lowest BCUT2D eigenvalue weighted by molar-refractivity contribution is -0.0568. The van der Waals surface area contributed by atoms with E-state index < -0.39 is 19.3 Å². The SMILES string of the molecule is OCCNC(F)(F)CF. The van der Waals surface area contributed by atoms with Crippen LogP contribution in [0.5, 0.6) is 0 Å². The third-order valence-electron chi connectivity index (χ3n) is 0.663. The number of hydrogen-bond acceptors (Lipinski definition) is 2. The van der Waals surface area contributed by atoms with Gasteiger partial charge in [-0.05, 0) is 0 Å². The predicted molar refractivity (Wildman–Crippen MR) is 26.0 cm³/mol. The summed E-state index contributed by atoms with van der Waals surface area (Å²) in [5, 5.41) is 9.51. The Morgan fingerprint density at radius 2 is 2.00 bits per heavy atom. The number of hydrogen-bond donors (Lipinski definition) is 2. The fraction of sp³-hybridized carbons (Fsp3) is 1.00. The highest BCUT2D eigenvalue weighted by Crippen LogP contribution is 2.07. The van der Waals surface area contributed by atoms with E-state index in [1.807, 2.05) is 0 Å². The van der Waals surface area contributed by atoms with Crippen molar-refractivity contribution in [2.24, 2.45) is 0 Å². The number of nitrogens with one attached hydrogen (secondary N) is 1. The first-order valence-electron chi connectivity index (χ1n) is 2.42. The van der Waals surface area contributed by atoms with E-state index in [0.29, 0.717) is 0 Å². The molecule has 0 radical (unpaired) electrons. The third kappa shape index (κ3) is 4.23. The Hall–Kier alpha value is -0.290. The molecule has 0 aromatic rings. The highest BCUT2D eigenvalue weighted by molar-refractivity contribution is 4.59. The molecule has 0 aliphatic heterocycles. The van der Waals surface area contributed by atoms with Crippen molar-refractivity contribution in [2.45, 2.75) is 6.05 Å². The van der Waals surface area contributed by atoms with Gasteiger partial charge in [0.05, 0.1) is 6.61 Å². The standard InChI is InChI=1S/C4H8F3NO/c5-3-4(6,7)8-1-2-9/h8-9H,1-3H2. The van der Waals surface area contributed by atoms with E-state index in [9.17, 15) is 13.2 Å². The molecule has 0 aliphatic carbocycles. The summed E-state index contributed by atoms with van der Waals surface area (Å²) >= 11 is 0. The molecule has 0 amide bonds. The number of alkyl halides is 3. The van der Waals surface area contributed by atoms with Crippen LogP contribution >= 0.6 is 0 Å². The van der Waals surface area contributed by atoms with E-state index in [-0.39, 0.29) is 6.54 Å². The molecule has 2 N–H and O–H groups in total. The van der Waals surface area contributed by atoms with Crippen molar-refractivity contribution >= 4 is 0 Å². The van der Waals surface area contributed by atoms with E-state index in [0.717, 1.165) is 0 Å². The van der Waals surface area contributed by atoms with Crippen molar-refractivity contribution in [3.63, 3.8) is 0 Å². The quantitative estimate of drug-likeness (QED) is 0.548. The molecular formula is C4H8F3NO. The molecule has 0 unspecified atom stereocenters. The number of halogens is 3. The van der Waals surface area contributed by atoms with Crippen LogP contribution in [-0.4, -0.2) is 31.0 Å². The summed E-state index contributed by atoms with van der Waals surface area (Å²) in [5.74, 6) is 0. The van der Waals surface area contributed by atoms with Crippen molar-refractivity contribution in [3.8, 4) is 0 Å². The molecule has 0 saturated heterocycles. The van der Waals surface area contributed by atoms with Gasteiger partial charge in [-0.25, -0.2) is 4.39 Å². The summed E-state index contributed by atoms with van der Waals surface area (Å²) < 4.78 is 34.7. The Morgan fingerprint density at radius 1 is 1.44 bits per heavy atom. The van der Waals surface area contributed by atoms with Crippen LogP contribution in [0.3, 0.4) is 0 Å². The van der Waals surface area contributed by atoms with Gasteiger partial charge in [-0.1, -0.05) is 0 Å². The fourth-order valence-electron chi connectivity index (χ4n) is 0.286. The topological polar surface area (TPSA) is 32.3 Å². The Kier molecular flexibility index (Phi) is 3.56. The summed E-state index contributed by atoms with van der Waals surface area (Å²) in [6, 6.07) is -3.48. The summed E-state index contributed by atoms with van der Waals surface area (Å²) in [4.78, 5) is 0. The van der Waals surface area contributed by atoms with E-state index >= 15 is 0 Å². The van der Waals surface area contributed by atoms with Crippen molar-refractivity contribution in [3.05, 3.63) is 0 Å². The molecule has 0 rings (SSSR count). The molecule has 0 saturated carbocycles. The van der Waals surface area contributed by atoms with Crippen molar-refractivity contribution in [1.82, 2.24) is 5.32 Å². The van der Waals surface area contributed by atoms with Gasteiger partial charge < -0.3 is 5.11 Å². The van der Waals surface area contributed by atoms with Gasteiger partial charge in [-0.15, -0.1) is 0 Å². The maximum Gasteiger partial charge on any atom is 0.330 e. The van der Waals surface area contributed by atoms with Gasteiger partial charge in [0.25, 0.3) is 0 Å². The van der Waals surface area contributed by atoms with Gasteiger partial charge in [-0.3, -0.25) is 5.32 Å². The Morgan fingerprint density at radius 3 is 2.33 bits per heavy atom. The zero-order chi connectivity index (χ0) is 7.33. The molecule has 0 fully saturated rings. The molecule has 0 spiro atoms. The van der Waals surface area contributed by atoms with Crippen molar-refractivity contribution < 1.29 is 18.3 Å². The molecule has 0 atom stereocenters. The second kappa shape index (κ2) is 3.68. The summed E-state index contributed by atoms with van der Waals surface area (Å²) in [7, 11) is 0. The molecule has 0 heterocycles. The maximum atomic E-state index is 11.7. The summed E-state index contributed by atoms with van der Waals surface area (Å²) in [6.07, 6.45) is 0. The fourth-order valence-corrected chi connectivity index (χ4v) is 0.286. The number of rotatable bonds is 4. The van der Waals surface area contributed by atoms with Crippen LogP contribution in [0.1, 0.15) is 0 Å². The minimum atomic E-state index is -3.48. The average molecular weight is 143 g/mol. The van der Waals surface area contributed by atoms with Crippen LogP contribution in [0.4, 0.5) is 13.2 Å². The van der Waals surface area contributed by atoms with Crippen LogP contribution in [0.2, 0.25) is 0 Å². The molecule has 9 heavy (non-hydrogen) atoms. The maximum absolute atomic E-state index is 11.7.